The lowest BCUT2D eigenvalue weighted by Crippen LogP contribution is -2.36. The summed E-state index contributed by atoms with van der Waals surface area (Å²) in [5, 5.41) is 2.49. The molecule has 0 aliphatic rings. The van der Waals surface area contributed by atoms with Crippen LogP contribution in [-0.4, -0.2) is 43.1 Å². The molecule has 0 rings (SSSR count). The second-order valence-electron chi connectivity index (χ2n) is 4.33. The Morgan fingerprint density at radius 3 is 2.27 bits per heavy atom. The molecular weight excluding hydrogens is 196 g/mol. The summed E-state index contributed by atoms with van der Waals surface area (Å²) in [5.41, 5.74) is -0.502. The molecular formula is C10H20N2O3. The average molecular weight is 216 g/mol. The predicted octanol–water partition coefficient (Wildman–Crippen LogP) is 0.989. The van der Waals surface area contributed by atoms with E-state index in [9.17, 15) is 9.59 Å². The third-order valence-corrected chi connectivity index (χ3v) is 1.66. The molecule has 0 aliphatic carbocycles. The molecule has 0 unspecified atom stereocenters. The summed E-state index contributed by atoms with van der Waals surface area (Å²) in [6.45, 7) is 5.76. The molecule has 0 spiro atoms. The molecule has 0 fully saturated rings. The molecule has 0 radical (unpaired) electrons. The van der Waals surface area contributed by atoms with Crippen LogP contribution in [0.1, 0.15) is 27.2 Å². The Morgan fingerprint density at radius 1 is 1.33 bits per heavy atom. The first-order valence-corrected chi connectivity index (χ1v) is 4.91. The van der Waals surface area contributed by atoms with Gasteiger partial charge in [0, 0.05) is 27.1 Å². The normalized spacial score (nSPS) is 10.7. The van der Waals surface area contributed by atoms with E-state index in [0.717, 1.165) is 0 Å². The van der Waals surface area contributed by atoms with Gasteiger partial charge in [0.05, 0.1) is 0 Å². The fraction of sp³-hybridized carbons (Fsp3) is 0.800. The first-order valence-electron chi connectivity index (χ1n) is 4.91. The van der Waals surface area contributed by atoms with Crippen molar-refractivity contribution < 1.29 is 14.3 Å². The summed E-state index contributed by atoms with van der Waals surface area (Å²) in [5.74, 6) is -0.0922. The molecule has 88 valence electrons. The van der Waals surface area contributed by atoms with Gasteiger partial charge in [-0.25, -0.2) is 4.79 Å². The first kappa shape index (κ1) is 13.7. The molecule has 5 heteroatoms. The Kier molecular flexibility index (Phi) is 5.11. The van der Waals surface area contributed by atoms with Crippen LogP contribution in [0, 0.1) is 0 Å². The summed E-state index contributed by atoms with van der Waals surface area (Å²) in [6.07, 6.45) is -0.127. The fourth-order valence-corrected chi connectivity index (χ4v) is 0.825. The highest BCUT2D eigenvalue weighted by Gasteiger charge is 2.19. The third kappa shape index (κ3) is 6.76. The van der Waals surface area contributed by atoms with E-state index in [0.29, 0.717) is 6.54 Å². The van der Waals surface area contributed by atoms with Gasteiger partial charge in [0.2, 0.25) is 5.91 Å². The topological polar surface area (TPSA) is 58.6 Å². The number of carbonyl (C=O) groups excluding carboxylic acids is 2. The summed E-state index contributed by atoms with van der Waals surface area (Å²) in [6, 6.07) is 0. The zero-order valence-corrected chi connectivity index (χ0v) is 10.1. The molecule has 5 nitrogen and oxygen atoms in total. The summed E-state index contributed by atoms with van der Waals surface area (Å²) < 4.78 is 5.12. The van der Waals surface area contributed by atoms with Crippen molar-refractivity contribution in [2.24, 2.45) is 0 Å². The van der Waals surface area contributed by atoms with Crippen LogP contribution < -0.4 is 5.32 Å². The number of amides is 2. The Hall–Kier alpha value is -1.26. The van der Waals surface area contributed by atoms with Gasteiger partial charge in [-0.3, -0.25) is 4.79 Å². The lowest BCUT2D eigenvalue weighted by atomic mass is 10.2. The number of ether oxygens (including phenoxy) is 1. The van der Waals surface area contributed by atoms with Gasteiger partial charge < -0.3 is 15.0 Å². The van der Waals surface area contributed by atoms with Crippen molar-refractivity contribution in [2.45, 2.75) is 32.8 Å². The standard InChI is InChI=1S/C10H20N2O3/c1-10(2,3)15-9(14)12(5)7-6-8(13)11-4/h6-7H2,1-5H3,(H,11,13). The van der Waals surface area contributed by atoms with Crippen LogP contribution in [0.2, 0.25) is 0 Å². The van der Waals surface area contributed by atoms with Crippen LogP contribution in [0.5, 0.6) is 0 Å². The largest absolute Gasteiger partial charge is 0.444 e. The molecule has 15 heavy (non-hydrogen) atoms. The third-order valence-electron chi connectivity index (χ3n) is 1.66. The van der Waals surface area contributed by atoms with E-state index in [2.05, 4.69) is 5.32 Å². The highest BCUT2D eigenvalue weighted by molar-refractivity contribution is 5.76. The molecule has 0 aromatic heterocycles. The van der Waals surface area contributed by atoms with Crippen LogP contribution in [0.4, 0.5) is 4.79 Å². The Bertz CT molecular complexity index is 233. The highest BCUT2D eigenvalue weighted by Crippen LogP contribution is 2.08. The molecule has 0 aromatic rings. The summed E-state index contributed by atoms with van der Waals surface area (Å²) in [4.78, 5) is 23.8. The fourth-order valence-electron chi connectivity index (χ4n) is 0.825. The lowest BCUT2D eigenvalue weighted by Gasteiger charge is -2.24. The number of nitrogens with zero attached hydrogens (tertiary/aromatic N) is 1. The van der Waals surface area contributed by atoms with Crippen LogP contribution in [0.15, 0.2) is 0 Å². The van der Waals surface area contributed by atoms with Gasteiger partial charge in [-0.15, -0.1) is 0 Å². The molecule has 0 aliphatic heterocycles. The van der Waals surface area contributed by atoms with Gasteiger partial charge in [-0.05, 0) is 20.8 Å². The minimum Gasteiger partial charge on any atom is -0.444 e. The lowest BCUT2D eigenvalue weighted by molar-refractivity contribution is -0.120. The molecule has 1 N–H and O–H groups in total. The Labute approximate surface area is 90.8 Å². The summed E-state index contributed by atoms with van der Waals surface area (Å²) in [7, 11) is 3.17. The predicted molar refractivity (Wildman–Crippen MR) is 57.5 cm³/mol. The van der Waals surface area contributed by atoms with Crippen molar-refractivity contribution >= 4 is 12.0 Å². The number of carbonyl (C=O) groups is 2. The number of nitrogens with one attached hydrogen (secondary N) is 1. The van der Waals surface area contributed by atoms with Crippen molar-refractivity contribution in [3.8, 4) is 0 Å². The van der Waals surface area contributed by atoms with E-state index in [1.165, 1.54) is 4.90 Å². The Morgan fingerprint density at radius 2 is 1.87 bits per heavy atom. The van der Waals surface area contributed by atoms with E-state index in [-0.39, 0.29) is 12.3 Å². The Balaban J connectivity index is 3.95. The first-order chi connectivity index (χ1) is 6.76. The number of rotatable bonds is 3. The van der Waals surface area contributed by atoms with E-state index >= 15 is 0 Å². The van der Waals surface area contributed by atoms with E-state index in [1.54, 1.807) is 34.9 Å². The van der Waals surface area contributed by atoms with Crippen molar-refractivity contribution in [3.05, 3.63) is 0 Å². The average Bonchev–Trinajstić information content (AvgIpc) is 2.10. The summed E-state index contributed by atoms with van der Waals surface area (Å²) >= 11 is 0. The van der Waals surface area contributed by atoms with Crippen molar-refractivity contribution in [3.63, 3.8) is 0 Å². The van der Waals surface area contributed by atoms with Gasteiger partial charge in [0.1, 0.15) is 5.60 Å². The molecule has 0 bridgehead atoms. The number of hydrogen-bond acceptors (Lipinski definition) is 3. The molecule has 0 saturated heterocycles. The number of hydrogen-bond donors (Lipinski definition) is 1. The second kappa shape index (κ2) is 5.58. The zero-order valence-electron chi connectivity index (χ0n) is 10.1. The maximum Gasteiger partial charge on any atom is 0.410 e. The van der Waals surface area contributed by atoms with E-state index < -0.39 is 11.7 Å². The molecule has 0 heterocycles. The van der Waals surface area contributed by atoms with E-state index in [4.69, 9.17) is 4.74 Å². The quantitative estimate of drug-likeness (QED) is 0.765. The van der Waals surface area contributed by atoms with Gasteiger partial charge in [-0.1, -0.05) is 0 Å². The van der Waals surface area contributed by atoms with Crippen LogP contribution in [0.3, 0.4) is 0 Å². The van der Waals surface area contributed by atoms with Crippen LogP contribution >= 0.6 is 0 Å². The minimum atomic E-state index is -0.502. The van der Waals surface area contributed by atoms with Gasteiger partial charge in [-0.2, -0.15) is 0 Å². The van der Waals surface area contributed by atoms with Gasteiger partial charge in [0.15, 0.2) is 0 Å². The van der Waals surface area contributed by atoms with Gasteiger partial charge >= 0.3 is 6.09 Å². The molecule has 2 amide bonds. The van der Waals surface area contributed by atoms with Crippen molar-refractivity contribution in [1.82, 2.24) is 10.2 Å². The zero-order chi connectivity index (χ0) is 12.1. The SMILES string of the molecule is CNC(=O)CCN(C)C(=O)OC(C)(C)C. The minimum absolute atomic E-state index is 0.0922. The molecule has 0 atom stereocenters. The smallest absolute Gasteiger partial charge is 0.410 e. The van der Waals surface area contributed by atoms with Crippen molar-refractivity contribution in [1.29, 1.82) is 0 Å². The van der Waals surface area contributed by atoms with Crippen LogP contribution in [0.25, 0.3) is 0 Å². The molecule has 0 saturated carbocycles. The van der Waals surface area contributed by atoms with Crippen LogP contribution in [-0.2, 0) is 9.53 Å². The molecule has 0 aromatic carbocycles. The van der Waals surface area contributed by atoms with E-state index in [1.807, 2.05) is 0 Å². The van der Waals surface area contributed by atoms with Crippen molar-refractivity contribution in [2.75, 3.05) is 20.6 Å². The van der Waals surface area contributed by atoms with Gasteiger partial charge in [0.25, 0.3) is 0 Å². The maximum atomic E-state index is 11.4. The highest BCUT2D eigenvalue weighted by atomic mass is 16.6. The monoisotopic (exact) mass is 216 g/mol. The second-order valence-corrected chi connectivity index (χ2v) is 4.33. The maximum absolute atomic E-state index is 11.4.